The van der Waals surface area contributed by atoms with Crippen LogP contribution in [0.2, 0.25) is 0 Å². The molecule has 0 atom stereocenters. The largest absolute Gasteiger partial charge is 0.391 e. The van der Waals surface area contributed by atoms with Crippen LogP contribution in [-0.4, -0.2) is 17.5 Å². The molecule has 0 aromatic rings. The summed E-state index contributed by atoms with van der Waals surface area (Å²) in [6.07, 6.45) is 3.78. The summed E-state index contributed by atoms with van der Waals surface area (Å²) in [6, 6.07) is 0. The minimum atomic E-state index is 0.122. The maximum atomic E-state index is 8.57. The molecule has 1 nitrogen and oxygen atoms in total. The molecule has 0 aliphatic heterocycles. The summed E-state index contributed by atoms with van der Waals surface area (Å²) in [6.45, 7) is 5.99. The molecule has 0 rings (SSSR count). The fourth-order valence-electron chi connectivity index (χ4n) is 0.614. The number of hydrogen-bond donors (Lipinski definition) is 1. The molecule has 0 spiro atoms. The molecule has 0 aliphatic carbocycles. The smallest absolute Gasteiger partial charge is 0.0734 e. The van der Waals surface area contributed by atoms with Gasteiger partial charge in [-0.3, -0.25) is 0 Å². The van der Waals surface area contributed by atoms with Crippen LogP contribution in [0, 0.1) is 0 Å². The zero-order valence-electron chi connectivity index (χ0n) is 6.60. The van der Waals surface area contributed by atoms with E-state index in [1.807, 2.05) is 0 Å². The Morgan fingerprint density at radius 2 is 2.20 bits per heavy atom. The van der Waals surface area contributed by atoms with Crippen LogP contribution in [0.15, 0.2) is 11.5 Å². The van der Waals surface area contributed by atoms with Crippen molar-refractivity contribution in [3.8, 4) is 0 Å². The second kappa shape index (κ2) is 7.16. The van der Waals surface area contributed by atoms with E-state index in [-0.39, 0.29) is 6.61 Å². The Morgan fingerprint density at radius 3 is 2.70 bits per heavy atom. The molecule has 0 heterocycles. The fraction of sp³-hybridized carbons (Fsp3) is 0.750. The first-order valence-corrected chi connectivity index (χ1v) is 4.71. The van der Waals surface area contributed by atoms with Crippen LogP contribution in [0.5, 0.6) is 0 Å². The van der Waals surface area contributed by atoms with Gasteiger partial charge < -0.3 is 5.11 Å². The van der Waals surface area contributed by atoms with E-state index < -0.39 is 0 Å². The molecule has 0 aliphatic rings. The topological polar surface area (TPSA) is 20.2 Å². The molecular weight excluding hydrogens is 144 g/mol. The van der Waals surface area contributed by atoms with Gasteiger partial charge in [0.25, 0.3) is 0 Å². The van der Waals surface area contributed by atoms with Gasteiger partial charge in [0.05, 0.1) is 6.61 Å². The number of unbranched alkanes of at least 4 members (excludes halogenated alkanes) is 2. The van der Waals surface area contributed by atoms with Gasteiger partial charge >= 0.3 is 0 Å². The first kappa shape index (κ1) is 10.0. The van der Waals surface area contributed by atoms with Crippen molar-refractivity contribution in [1.82, 2.24) is 0 Å². The average molecular weight is 160 g/mol. The molecule has 0 radical (unpaired) electrons. The van der Waals surface area contributed by atoms with Crippen molar-refractivity contribution in [2.45, 2.75) is 26.2 Å². The molecule has 0 aromatic carbocycles. The Bertz CT molecular complexity index is 91.3. The predicted molar refractivity (Wildman–Crippen MR) is 48.2 cm³/mol. The van der Waals surface area contributed by atoms with Gasteiger partial charge in [0.2, 0.25) is 0 Å². The van der Waals surface area contributed by atoms with E-state index in [9.17, 15) is 0 Å². The first-order valence-electron chi connectivity index (χ1n) is 3.72. The monoisotopic (exact) mass is 160 g/mol. The van der Waals surface area contributed by atoms with E-state index in [4.69, 9.17) is 5.11 Å². The van der Waals surface area contributed by atoms with Crippen molar-refractivity contribution >= 4 is 11.8 Å². The normalized spacial score (nSPS) is 9.80. The summed E-state index contributed by atoms with van der Waals surface area (Å²) < 4.78 is 0. The Morgan fingerprint density at radius 1 is 1.50 bits per heavy atom. The Balaban J connectivity index is 2.96. The van der Waals surface area contributed by atoms with Crippen molar-refractivity contribution < 1.29 is 5.11 Å². The lowest BCUT2D eigenvalue weighted by atomic mass is 10.3. The Kier molecular flexibility index (Phi) is 7.20. The summed E-state index contributed by atoms with van der Waals surface area (Å²) in [4.78, 5) is 0.885. The van der Waals surface area contributed by atoms with E-state index in [0.717, 1.165) is 10.7 Å². The highest BCUT2D eigenvalue weighted by Gasteiger charge is 1.91. The minimum absolute atomic E-state index is 0.122. The highest BCUT2D eigenvalue weighted by atomic mass is 32.2. The van der Waals surface area contributed by atoms with E-state index >= 15 is 0 Å². The van der Waals surface area contributed by atoms with Gasteiger partial charge in [-0.1, -0.05) is 26.3 Å². The maximum absolute atomic E-state index is 8.57. The quantitative estimate of drug-likeness (QED) is 0.602. The van der Waals surface area contributed by atoms with Gasteiger partial charge in [-0.25, -0.2) is 0 Å². The third kappa shape index (κ3) is 6.17. The third-order valence-corrected chi connectivity index (χ3v) is 2.26. The molecule has 0 fully saturated rings. The summed E-state index contributed by atoms with van der Waals surface area (Å²) >= 11 is 1.67. The van der Waals surface area contributed by atoms with Gasteiger partial charge in [0.1, 0.15) is 0 Å². The lowest BCUT2D eigenvalue weighted by Gasteiger charge is -1.99. The summed E-state index contributed by atoms with van der Waals surface area (Å²) in [5.41, 5.74) is 0. The second-order valence-electron chi connectivity index (χ2n) is 2.25. The van der Waals surface area contributed by atoms with Crippen LogP contribution in [0.3, 0.4) is 0 Å². The van der Waals surface area contributed by atoms with Crippen molar-refractivity contribution in [3.63, 3.8) is 0 Å². The molecule has 0 saturated carbocycles. The molecule has 0 aromatic heterocycles. The average Bonchev–Trinajstić information content (AvgIpc) is 1.98. The maximum Gasteiger partial charge on any atom is 0.0734 e. The van der Waals surface area contributed by atoms with Crippen LogP contribution < -0.4 is 0 Å². The SMILES string of the molecule is C=C(CO)SCCCCC. The second-order valence-corrected chi connectivity index (χ2v) is 3.53. The van der Waals surface area contributed by atoms with Crippen LogP contribution in [0.4, 0.5) is 0 Å². The molecule has 60 valence electrons. The van der Waals surface area contributed by atoms with Crippen molar-refractivity contribution in [3.05, 3.63) is 11.5 Å². The lowest BCUT2D eigenvalue weighted by Crippen LogP contribution is -1.85. The highest BCUT2D eigenvalue weighted by Crippen LogP contribution is 2.14. The predicted octanol–water partition coefficient (Wildman–Crippen LogP) is 2.42. The van der Waals surface area contributed by atoms with E-state index in [1.54, 1.807) is 11.8 Å². The molecular formula is C8H16OS. The summed E-state index contributed by atoms with van der Waals surface area (Å²) in [5, 5.41) is 8.57. The third-order valence-electron chi connectivity index (χ3n) is 1.23. The summed E-state index contributed by atoms with van der Waals surface area (Å²) in [7, 11) is 0. The van der Waals surface area contributed by atoms with E-state index in [0.29, 0.717) is 0 Å². The molecule has 0 amide bonds. The molecule has 0 bridgehead atoms. The standard InChI is InChI=1S/C8H16OS/c1-3-4-5-6-10-8(2)7-9/h9H,2-7H2,1H3. The minimum Gasteiger partial charge on any atom is -0.391 e. The van der Waals surface area contributed by atoms with Crippen molar-refractivity contribution in [1.29, 1.82) is 0 Å². The van der Waals surface area contributed by atoms with Crippen molar-refractivity contribution in [2.75, 3.05) is 12.4 Å². The Labute approximate surface area is 67.5 Å². The van der Waals surface area contributed by atoms with Gasteiger partial charge in [-0.2, -0.15) is 0 Å². The number of aliphatic hydroxyl groups excluding tert-OH is 1. The zero-order valence-corrected chi connectivity index (χ0v) is 7.41. The molecule has 10 heavy (non-hydrogen) atoms. The molecule has 1 N–H and O–H groups in total. The number of rotatable bonds is 6. The fourth-order valence-corrected chi connectivity index (χ4v) is 1.34. The molecule has 2 heteroatoms. The number of hydrogen-bond acceptors (Lipinski definition) is 2. The van der Waals surface area contributed by atoms with Gasteiger partial charge in [-0.05, 0) is 12.2 Å². The summed E-state index contributed by atoms with van der Waals surface area (Å²) in [5.74, 6) is 1.10. The molecule has 0 saturated heterocycles. The van der Waals surface area contributed by atoms with Gasteiger partial charge in [-0.15, -0.1) is 11.8 Å². The van der Waals surface area contributed by atoms with Gasteiger partial charge in [0.15, 0.2) is 0 Å². The van der Waals surface area contributed by atoms with Crippen LogP contribution in [0.25, 0.3) is 0 Å². The van der Waals surface area contributed by atoms with Crippen molar-refractivity contribution in [2.24, 2.45) is 0 Å². The Hall–Kier alpha value is 0.0500. The number of thioether (sulfide) groups is 1. The van der Waals surface area contributed by atoms with Crippen LogP contribution in [0.1, 0.15) is 26.2 Å². The zero-order chi connectivity index (χ0) is 7.82. The van der Waals surface area contributed by atoms with E-state index in [1.165, 1.54) is 19.3 Å². The lowest BCUT2D eigenvalue weighted by molar-refractivity contribution is 0.340. The number of aliphatic hydroxyl groups is 1. The van der Waals surface area contributed by atoms with Crippen LogP contribution >= 0.6 is 11.8 Å². The molecule has 0 unspecified atom stereocenters. The van der Waals surface area contributed by atoms with Crippen LogP contribution in [-0.2, 0) is 0 Å². The first-order chi connectivity index (χ1) is 4.81. The van der Waals surface area contributed by atoms with E-state index in [2.05, 4.69) is 13.5 Å². The highest BCUT2D eigenvalue weighted by molar-refractivity contribution is 8.03. The van der Waals surface area contributed by atoms with Gasteiger partial charge in [0, 0.05) is 4.91 Å².